The van der Waals surface area contributed by atoms with Gasteiger partial charge in [-0.05, 0) is 44.9 Å². The Morgan fingerprint density at radius 1 is 1.18 bits per heavy atom. The zero-order chi connectivity index (χ0) is 13.1. The van der Waals surface area contributed by atoms with Crippen molar-refractivity contribution in [1.82, 2.24) is 0 Å². The summed E-state index contributed by atoms with van der Waals surface area (Å²) < 4.78 is 0. The average molecular weight is 228 g/mol. The Labute approximate surface area is 104 Å². The maximum atomic E-state index is 12.2. The molecule has 0 radical (unpaired) electrons. The van der Waals surface area contributed by atoms with Crippen LogP contribution in [-0.2, 0) is 4.79 Å². The van der Waals surface area contributed by atoms with E-state index in [9.17, 15) is 4.79 Å². The minimum absolute atomic E-state index is 0.103. The van der Waals surface area contributed by atoms with Crippen LogP contribution in [0.3, 0.4) is 0 Å². The summed E-state index contributed by atoms with van der Waals surface area (Å²) in [6.07, 6.45) is 1.71. The molecule has 0 spiro atoms. The highest BCUT2D eigenvalue weighted by molar-refractivity contribution is 6.01. The van der Waals surface area contributed by atoms with Gasteiger partial charge in [-0.1, -0.05) is 42.5 Å². The van der Waals surface area contributed by atoms with E-state index in [1.807, 2.05) is 58.0 Å². The fourth-order valence-corrected chi connectivity index (χ4v) is 1.37. The summed E-state index contributed by atoms with van der Waals surface area (Å²) in [5.74, 6) is 0.103. The fraction of sp³-hybridized carbons (Fsp3) is 0.312. The summed E-state index contributed by atoms with van der Waals surface area (Å²) in [6.45, 7) is 11.5. The molecule has 0 saturated heterocycles. The molecule has 0 amide bonds. The van der Waals surface area contributed by atoms with Crippen LogP contribution >= 0.6 is 0 Å². The molecule has 1 aromatic carbocycles. The molecular formula is C16H20O. The summed E-state index contributed by atoms with van der Waals surface area (Å²) >= 11 is 0. The largest absolute Gasteiger partial charge is 0.294 e. The average Bonchev–Trinajstić information content (AvgIpc) is 2.29. The Hall–Kier alpha value is -1.63. The number of ketones is 1. The highest BCUT2D eigenvalue weighted by Gasteiger charge is 2.26. The van der Waals surface area contributed by atoms with Gasteiger partial charge in [-0.2, -0.15) is 0 Å². The Morgan fingerprint density at radius 3 is 2.18 bits per heavy atom. The van der Waals surface area contributed by atoms with Gasteiger partial charge >= 0.3 is 0 Å². The highest BCUT2D eigenvalue weighted by atomic mass is 16.1. The van der Waals surface area contributed by atoms with Gasteiger partial charge in [-0.3, -0.25) is 4.79 Å². The molecule has 0 aromatic heterocycles. The number of carbonyl (C=O) groups is 1. The second-order valence-electron chi connectivity index (χ2n) is 4.96. The van der Waals surface area contributed by atoms with Crippen LogP contribution in [0.5, 0.6) is 0 Å². The summed E-state index contributed by atoms with van der Waals surface area (Å²) in [5.41, 5.74) is 2.47. The van der Waals surface area contributed by atoms with Crippen molar-refractivity contribution in [2.24, 2.45) is 5.41 Å². The van der Waals surface area contributed by atoms with Crippen LogP contribution in [0.4, 0.5) is 0 Å². The number of benzene rings is 1. The van der Waals surface area contributed by atoms with Gasteiger partial charge < -0.3 is 0 Å². The third kappa shape index (κ3) is 3.16. The van der Waals surface area contributed by atoms with Crippen LogP contribution in [0.25, 0.3) is 5.57 Å². The van der Waals surface area contributed by atoms with Gasteiger partial charge in [0.2, 0.25) is 0 Å². The van der Waals surface area contributed by atoms with Gasteiger partial charge in [0.15, 0.2) is 5.78 Å². The molecule has 0 saturated carbocycles. The molecule has 90 valence electrons. The van der Waals surface area contributed by atoms with Crippen molar-refractivity contribution in [1.29, 1.82) is 0 Å². The van der Waals surface area contributed by atoms with Crippen LogP contribution in [0.15, 0.2) is 48.6 Å². The minimum atomic E-state index is -0.490. The Kier molecular flexibility index (Phi) is 4.06. The van der Waals surface area contributed by atoms with E-state index in [1.54, 1.807) is 6.08 Å². The van der Waals surface area contributed by atoms with Crippen molar-refractivity contribution >= 4 is 11.4 Å². The van der Waals surface area contributed by atoms with Crippen LogP contribution in [0.2, 0.25) is 0 Å². The number of allylic oxidation sites excluding steroid dienone is 3. The SMILES string of the molecule is C=C(C)C(C)(C)C(=O)/C=C(/C)c1ccccc1. The lowest BCUT2D eigenvalue weighted by Gasteiger charge is -2.21. The van der Waals surface area contributed by atoms with Crippen molar-refractivity contribution in [2.75, 3.05) is 0 Å². The van der Waals surface area contributed by atoms with Crippen molar-refractivity contribution in [3.8, 4) is 0 Å². The Balaban J connectivity index is 2.98. The maximum Gasteiger partial charge on any atom is 0.165 e. The van der Waals surface area contributed by atoms with Gasteiger partial charge in [0.1, 0.15) is 0 Å². The second-order valence-corrected chi connectivity index (χ2v) is 4.96. The van der Waals surface area contributed by atoms with E-state index < -0.39 is 5.41 Å². The normalized spacial score (nSPS) is 12.4. The number of hydrogen-bond donors (Lipinski definition) is 0. The molecule has 0 aliphatic heterocycles. The lowest BCUT2D eigenvalue weighted by Crippen LogP contribution is -2.23. The first-order chi connectivity index (χ1) is 7.85. The number of rotatable bonds is 4. The third-order valence-electron chi connectivity index (χ3n) is 3.26. The molecule has 0 unspecified atom stereocenters. The maximum absolute atomic E-state index is 12.2. The standard InChI is InChI=1S/C16H20O/c1-12(2)16(4,5)15(17)11-13(3)14-9-7-6-8-10-14/h6-11H,1H2,2-5H3/b13-11-. The van der Waals surface area contributed by atoms with E-state index in [0.29, 0.717) is 0 Å². The molecule has 17 heavy (non-hydrogen) atoms. The molecular weight excluding hydrogens is 208 g/mol. The summed E-state index contributed by atoms with van der Waals surface area (Å²) in [4.78, 5) is 12.2. The van der Waals surface area contributed by atoms with E-state index in [2.05, 4.69) is 6.58 Å². The van der Waals surface area contributed by atoms with Crippen molar-refractivity contribution < 1.29 is 4.79 Å². The zero-order valence-electron chi connectivity index (χ0n) is 11.1. The van der Waals surface area contributed by atoms with Crippen LogP contribution in [0, 0.1) is 5.41 Å². The second kappa shape index (κ2) is 5.13. The number of hydrogen-bond acceptors (Lipinski definition) is 1. The Bertz CT molecular complexity index is 450. The van der Waals surface area contributed by atoms with Crippen LogP contribution in [0.1, 0.15) is 33.3 Å². The molecule has 1 heteroatoms. The van der Waals surface area contributed by atoms with Crippen LogP contribution < -0.4 is 0 Å². The highest BCUT2D eigenvalue weighted by Crippen LogP contribution is 2.27. The molecule has 0 bridgehead atoms. The molecule has 0 N–H and O–H groups in total. The Morgan fingerprint density at radius 2 is 1.71 bits per heavy atom. The van der Waals surface area contributed by atoms with E-state index in [-0.39, 0.29) is 5.78 Å². The molecule has 1 nitrogen and oxygen atoms in total. The molecule has 0 heterocycles. The van der Waals surface area contributed by atoms with Gasteiger partial charge in [0, 0.05) is 5.41 Å². The molecule has 0 fully saturated rings. The summed E-state index contributed by atoms with van der Waals surface area (Å²) in [7, 11) is 0. The first-order valence-corrected chi connectivity index (χ1v) is 5.80. The van der Waals surface area contributed by atoms with Gasteiger partial charge in [-0.15, -0.1) is 0 Å². The van der Waals surface area contributed by atoms with Gasteiger partial charge in [-0.25, -0.2) is 0 Å². The predicted molar refractivity (Wildman–Crippen MR) is 73.7 cm³/mol. The first-order valence-electron chi connectivity index (χ1n) is 5.80. The fourth-order valence-electron chi connectivity index (χ4n) is 1.37. The zero-order valence-corrected chi connectivity index (χ0v) is 11.1. The van der Waals surface area contributed by atoms with Crippen LogP contribution in [-0.4, -0.2) is 5.78 Å². The quantitative estimate of drug-likeness (QED) is 0.556. The summed E-state index contributed by atoms with van der Waals surface area (Å²) in [5, 5.41) is 0. The van der Waals surface area contributed by atoms with E-state index in [0.717, 1.165) is 16.7 Å². The molecule has 0 atom stereocenters. The molecule has 1 rings (SSSR count). The smallest absolute Gasteiger partial charge is 0.165 e. The molecule has 1 aromatic rings. The lowest BCUT2D eigenvalue weighted by molar-refractivity contribution is -0.120. The first kappa shape index (κ1) is 13.4. The van der Waals surface area contributed by atoms with Crippen molar-refractivity contribution in [3.05, 3.63) is 54.1 Å². The van der Waals surface area contributed by atoms with Gasteiger partial charge in [0.05, 0.1) is 0 Å². The van der Waals surface area contributed by atoms with Crippen molar-refractivity contribution in [3.63, 3.8) is 0 Å². The lowest BCUT2D eigenvalue weighted by atomic mass is 9.81. The minimum Gasteiger partial charge on any atom is -0.294 e. The topological polar surface area (TPSA) is 17.1 Å². The van der Waals surface area contributed by atoms with E-state index >= 15 is 0 Å². The number of carbonyl (C=O) groups excluding carboxylic acids is 1. The van der Waals surface area contributed by atoms with E-state index in [1.165, 1.54) is 0 Å². The van der Waals surface area contributed by atoms with Gasteiger partial charge in [0.25, 0.3) is 0 Å². The summed E-state index contributed by atoms with van der Waals surface area (Å²) in [6, 6.07) is 9.93. The molecule has 0 aliphatic rings. The third-order valence-corrected chi connectivity index (χ3v) is 3.26. The molecule has 0 aliphatic carbocycles. The predicted octanol–water partition coefficient (Wildman–Crippen LogP) is 4.26. The monoisotopic (exact) mass is 228 g/mol. The van der Waals surface area contributed by atoms with E-state index in [4.69, 9.17) is 0 Å². The van der Waals surface area contributed by atoms with Crippen molar-refractivity contribution in [2.45, 2.75) is 27.7 Å².